The molecule has 9 unspecified atom stereocenters. The molecule has 210 valence electrons. The predicted octanol–water partition coefficient (Wildman–Crippen LogP) is 0.910. The van der Waals surface area contributed by atoms with Gasteiger partial charge in [-0.25, -0.2) is 4.79 Å². The van der Waals surface area contributed by atoms with Crippen molar-refractivity contribution < 1.29 is 64.8 Å². The monoisotopic (exact) mass is 556 g/mol. The predicted molar refractivity (Wildman–Crippen MR) is 113 cm³/mol. The summed E-state index contributed by atoms with van der Waals surface area (Å²) in [4.78, 5) is 12.1. The van der Waals surface area contributed by atoms with E-state index in [0.29, 0.717) is 25.9 Å². The highest BCUT2D eigenvalue weighted by molar-refractivity contribution is 7.87. The molecule has 1 spiro atoms. The summed E-state index contributed by atoms with van der Waals surface area (Å²) in [7, 11) is -5.97. The van der Waals surface area contributed by atoms with Crippen molar-refractivity contribution in [1.82, 2.24) is 0 Å². The van der Waals surface area contributed by atoms with Crippen LogP contribution < -0.4 is 0 Å². The number of esters is 1. The van der Waals surface area contributed by atoms with Crippen LogP contribution >= 0.6 is 0 Å². The van der Waals surface area contributed by atoms with E-state index in [1.807, 2.05) is 6.92 Å². The number of hydrogen-bond acceptors (Lipinski definition) is 11. The zero-order valence-electron chi connectivity index (χ0n) is 20.2. The molecule has 15 heteroatoms. The van der Waals surface area contributed by atoms with Crippen molar-refractivity contribution in [2.45, 2.75) is 106 Å². The first-order valence-corrected chi connectivity index (χ1v) is 13.9. The van der Waals surface area contributed by atoms with Gasteiger partial charge in [0, 0.05) is 18.4 Å². The van der Waals surface area contributed by atoms with Crippen molar-refractivity contribution in [3.05, 3.63) is 0 Å². The van der Waals surface area contributed by atoms with Gasteiger partial charge in [-0.15, -0.1) is 0 Å². The van der Waals surface area contributed by atoms with Crippen LogP contribution in [0.4, 0.5) is 8.78 Å². The van der Waals surface area contributed by atoms with Crippen LogP contribution in [0.25, 0.3) is 0 Å². The molecule has 12 nitrogen and oxygen atoms in total. The second-order valence-corrected chi connectivity index (χ2v) is 12.4. The summed E-state index contributed by atoms with van der Waals surface area (Å²) in [6, 6.07) is 0. The van der Waals surface area contributed by atoms with Crippen LogP contribution in [0.15, 0.2) is 0 Å². The highest BCUT2D eigenvalue weighted by atomic mass is 32.2. The van der Waals surface area contributed by atoms with Gasteiger partial charge in [0.2, 0.25) is 0 Å². The topological polar surface area (TPSA) is 156 Å². The number of aliphatic hydroxyl groups is 1. The number of rotatable bonds is 7. The third kappa shape index (κ3) is 3.88. The van der Waals surface area contributed by atoms with E-state index >= 15 is 0 Å². The lowest BCUT2D eigenvalue weighted by Crippen LogP contribution is -2.66. The molecule has 7 fully saturated rings. The molecule has 3 aliphatic heterocycles. The average molecular weight is 557 g/mol. The molecule has 4 saturated carbocycles. The number of halogens is 2. The molecule has 7 aliphatic rings. The Kier molecular flexibility index (Phi) is 6.00. The standard InChI is InChI=1S/C22H30F2O12S/c1-3-30-9(2)31-15-13-14(32-17(15)25)16-18(33-13)35-21(34-16)11-4-10-5-12(21)8-20(6-10,7-11)36-19(26)22(23,24)37(27,28)29/h9-18,25H,3-8H2,1-2H3,(H,27,28,29). The van der Waals surface area contributed by atoms with Crippen LogP contribution in [-0.4, -0.2) is 90.6 Å². The Morgan fingerprint density at radius 3 is 2.41 bits per heavy atom. The van der Waals surface area contributed by atoms with Crippen molar-refractivity contribution in [3.8, 4) is 0 Å². The van der Waals surface area contributed by atoms with E-state index in [0.717, 1.165) is 0 Å². The zero-order valence-corrected chi connectivity index (χ0v) is 21.0. The lowest BCUT2D eigenvalue weighted by molar-refractivity contribution is -0.344. The Bertz CT molecular complexity index is 1040. The summed E-state index contributed by atoms with van der Waals surface area (Å²) in [5, 5.41) is 5.36. The maximum absolute atomic E-state index is 13.9. The van der Waals surface area contributed by atoms with Crippen LogP contribution in [0.2, 0.25) is 0 Å². The molecule has 0 aromatic heterocycles. The van der Waals surface area contributed by atoms with E-state index in [2.05, 4.69) is 0 Å². The van der Waals surface area contributed by atoms with Gasteiger partial charge in [-0.1, -0.05) is 0 Å². The highest BCUT2D eigenvalue weighted by Gasteiger charge is 2.73. The third-order valence-electron chi connectivity index (χ3n) is 8.62. The Labute approximate surface area is 211 Å². The van der Waals surface area contributed by atoms with Gasteiger partial charge in [0.15, 0.2) is 24.7 Å². The quantitative estimate of drug-likeness (QED) is 0.260. The number of alkyl halides is 2. The Morgan fingerprint density at radius 1 is 1.11 bits per heavy atom. The fourth-order valence-corrected chi connectivity index (χ4v) is 7.73. The number of aliphatic hydroxyl groups excluding tert-OH is 1. The molecule has 0 radical (unpaired) electrons. The number of ether oxygens (including phenoxy) is 7. The number of fused-ring (bicyclic) bond motifs is 3. The first-order valence-electron chi connectivity index (χ1n) is 12.5. The summed E-state index contributed by atoms with van der Waals surface area (Å²) >= 11 is 0. The van der Waals surface area contributed by atoms with Crippen molar-refractivity contribution in [3.63, 3.8) is 0 Å². The van der Waals surface area contributed by atoms with Crippen LogP contribution in [0.3, 0.4) is 0 Å². The number of carbonyl (C=O) groups is 1. The van der Waals surface area contributed by atoms with Crippen molar-refractivity contribution >= 4 is 16.1 Å². The van der Waals surface area contributed by atoms with E-state index in [-0.39, 0.29) is 30.6 Å². The van der Waals surface area contributed by atoms with Crippen LogP contribution in [0, 0.1) is 17.8 Å². The molecular formula is C22H30F2O12S. The van der Waals surface area contributed by atoms with E-state index < -0.39 is 76.0 Å². The largest absolute Gasteiger partial charge is 0.465 e. The maximum Gasteiger partial charge on any atom is 0.465 e. The molecule has 0 amide bonds. The van der Waals surface area contributed by atoms with Crippen molar-refractivity contribution in [1.29, 1.82) is 0 Å². The zero-order chi connectivity index (χ0) is 26.5. The summed E-state index contributed by atoms with van der Waals surface area (Å²) in [6.07, 6.45) is -3.64. The first kappa shape index (κ1) is 26.2. The van der Waals surface area contributed by atoms with Gasteiger partial charge in [0.1, 0.15) is 30.0 Å². The molecule has 37 heavy (non-hydrogen) atoms. The molecule has 3 heterocycles. The van der Waals surface area contributed by atoms with E-state index in [9.17, 15) is 27.1 Å². The summed E-state index contributed by atoms with van der Waals surface area (Å²) in [6.45, 7) is 3.94. The third-order valence-corrected chi connectivity index (χ3v) is 9.44. The molecule has 9 atom stereocenters. The van der Waals surface area contributed by atoms with Crippen LogP contribution in [0.5, 0.6) is 0 Å². The minimum Gasteiger partial charge on any atom is -0.454 e. The average Bonchev–Trinajstić information content (AvgIpc) is 3.40. The minimum absolute atomic E-state index is 0.0407. The molecule has 3 saturated heterocycles. The van der Waals surface area contributed by atoms with Gasteiger partial charge < -0.3 is 38.3 Å². The van der Waals surface area contributed by atoms with Gasteiger partial charge >= 0.3 is 21.3 Å². The fraction of sp³-hybridized carbons (Fsp3) is 0.955. The maximum atomic E-state index is 13.9. The summed E-state index contributed by atoms with van der Waals surface area (Å²) in [5.74, 6) is -4.04. The van der Waals surface area contributed by atoms with Gasteiger partial charge in [-0.05, 0) is 51.9 Å². The van der Waals surface area contributed by atoms with E-state index in [4.69, 9.17) is 37.7 Å². The van der Waals surface area contributed by atoms with Gasteiger partial charge in [-0.3, -0.25) is 4.55 Å². The number of carbonyl (C=O) groups excluding carboxylic acids is 1. The molecule has 7 rings (SSSR count). The Morgan fingerprint density at radius 2 is 1.78 bits per heavy atom. The lowest BCUT2D eigenvalue weighted by atomic mass is 9.51. The van der Waals surface area contributed by atoms with Crippen LogP contribution in [0.1, 0.15) is 46.0 Å². The second kappa shape index (κ2) is 8.48. The summed E-state index contributed by atoms with van der Waals surface area (Å²) < 4.78 is 99.7. The number of hydrogen-bond donors (Lipinski definition) is 2. The fourth-order valence-electron chi connectivity index (χ4n) is 7.48. The second-order valence-electron chi connectivity index (χ2n) is 10.9. The Balaban J connectivity index is 1.17. The smallest absolute Gasteiger partial charge is 0.454 e. The van der Waals surface area contributed by atoms with E-state index in [1.54, 1.807) is 6.92 Å². The first-order chi connectivity index (χ1) is 17.3. The van der Waals surface area contributed by atoms with Crippen LogP contribution in [-0.2, 0) is 48.1 Å². The minimum atomic E-state index is -5.97. The van der Waals surface area contributed by atoms with Gasteiger partial charge in [0.05, 0.1) is 0 Å². The van der Waals surface area contributed by atoms with Gasteiger partial charge in [0.25, 0.3) is 0 Å². The molecule has 0 aromatic carbocycles. The highest BCUT2D eigenvalue weighted by Crippen LogP contribution is 2.65. The molecule has 2 N–H and O–H groups in total. The lowest BCUT2D eigenvalue weighted by Gasteiger charge is -2.62. The molecule has 4 bridgehead atoms. The summed E-state index contributed by atoms with van der Waals surface area (Å²) in [5.41, 5.74) is -1.31. The van der Waals surface area contributed by atoms with Crippen molar-refractivity contribution in [2.75, 3.05) is 6.61 Å². The molecule has 0 aromatic rings. The SMILES string of the molecule is CCOC(C)OC1C(O)OC2C3OC4(OC3OC12)C1CC2CC4CC(OC(=O)C(F)(F)S(=O)(=O)O)(C2)C1. The van der Waals surface area contributed by atoms with Crippen molar-refractivity contribution in [2.24, 2.45) is 17.8 Å². The Hall–Kier alpha value is -1.04. The normalized spacial score (nSPS) is 48.9. The van der Waals surface area contributed by atoms with E-state index in [1.165, 1.54) is 0 Å². The molecular weight excluding hydrogens is 526 g/mol. The molecule has 4 aliphatic carbocycles. The van der Waals surface area contributed by atoms with Gasteiger partial charge in [-0.2, -0.15) is 17.2 Å².